The van der Waals surface area contributed by atoms with Crippen molar-refractivity contribution in [2.75, 3.05) is 0 Å². The number of nitrogens with one attached hydrogen (secondary N) is 1. The van der Waals surface area contributed by atoms with Crippen molar-refractivity contribution in [2.24, 2.45) is 0 Å². The van der Waals surface area contributed by atoms with Gasteiger partial charge in [-0.1, -0.05) is 37.5 Å². The van der Waals surface area contributed by atoms with E-state index < -0.39 is 11.9 Å². The van der Waals surface area contributed by atoms with E-state index in [9.17, 15) is 20.0 Å². The molecule has 0 unspecified atom stereocenters. The summed E-state index contributed by atoms with van der Waals surface area (Å²) in [4.78, 5) is 23.7. The summed E-state index contributed by atoms with van der Waals surface area (Å²) in [5.74, 6) is -0.776. The van der Waals surface area contributed by atoms with E-state index in [1.807, 2.05) is 6.07 Å². The molecule has 27 heavy (non-hydrogen) atoms. The fourth-order valence-electron chi connectivity index (χ4n) is 3.26. The van der Waals surface area contributed by atoms with Crippen LogP contribution >= 0.6 is 0 Å². The molecule has 0 aliphatic heterocycles. The molecule has 1 fully saturated rings. The molecule has 0 saturated heterocycles. The molecule has 1 aliphatic carbocycles. The number of rotatable bonds is 5. The number of carboxylic acids is 1. The fraction of sp³-hybridized carbons (Fsp3) is 0.286. The Kier molecular flexibility index (Phi) is 5.72. The minimum absolute atomic E-state index is 0.0343. The van der Waals surface area contributed by atoms with E-state index in [1.54, 1.807) is 30.3 Å². The van der Waals surface area contributed by atoms with E-state index in [-0.39, 0.29) is 17.2 Å². The maximum Gasteiger partial charge on any atom is 0.336 e. The molecule has 3 rings (SSSR count). The fourth-order valence-corrected chi connectivity index (χ4v) is 3.26. The average molecular weight is 364 g/mol. The Balaban J connectivity index is 1.79. The number of amides is 1. The van der Waals surface area contributed by atoms with Crippen LogP contribution in [-0.2, 0) is 4.79 Å². The Labute approximate surface area is 157 Å². The normalized spacial score (nSPS) is 15.1. The number of nitriles is 1. The minimum atomic E-state index is -1.05. The molecule has 0 atom stereocenters. The van der Waals surface area contributed by atoms with E-state index >= 15 is 0 Å². The van der Waals surface area contributed by atoms with Gasteiger partial charge in [-0.15, -0.1) is 0 Å². The summed E-state index contributed by atoms with van der Waals surface area (Å²) < 4.78 is 5.66. The van der Waals surface area contributed by atoms with Crippen LogP contribution in [0.4, 0.5) is 0 Å². The highest BCUT2D eigenvalue weighted by atomic mass is 16.4. The lowest BCUT2D eigenvalue weighted by molar-refractivity contribution is -0.117. The predicted molar refractivity (Wildman–Crippen MR) is 99.7 cm³/mol. The molecule has 1 aromatic carbocycles. The topological polar surface area (TPSA) is 103 Å². The average Bonchev–Trinajstić information content (AvgIpc) is 3.15. The van der Waals surface area contributed by atoms with Crippen LogP contribution in [0.1, 0.15) is 48.2 Å². The molecule has 1 saturated carbocycles. The highest BCUT2D eigenvalue weighted by Crippen LogP contribution is 2.27. The standard InChI is InChI=1S/C21H20N2O4/c22-13-14(20(24)23-15-6-2-1-3-7-15)12-16-10-11-19(27-16)17-8-4-5-9-18(17)21(25)26/h4-5,8-12,15H,1-3,6-7H2,(H,23,24)(H,25,26)/b14-12-. The monoisotopic (exact) mass is 364 g/mol. The van der Waals surface area contributed by atoms with Crippen molar-refractivity contribution < 1.29 is 19.1 Å². The quantitative estimate of drug-likeness (QED) is 0.616. The number of hydrogen-bond acceptors (Lipinski definition) is 4. The van der Waals surface area contributed by atoms with Crippen LogP contribution in [0.15, 0.2) is 46.4 Å². The zero-order valence-electron chi connectivity index (χ0n) is 14.8. The predicted octanol–water partition coefficient (Wildman–Crippen LogP) is 4.00. The van der Waals surface area contributed by atoms with Crippen LogP contribution in [0.3, 0.4) is 0 Å². The van der Waals surface area contributed by atoms with Gasteiger partial charge in [-0.25, -0.2) is 4.79 Å². The van der Waals surface area contributed by atoms with Crippen molar-refractivity contribution in [1.29, 1.82) is 5.26 Å². The summed E-state index contributed by atoms with van der Waals surface area (Å²) in [6.07, 6.45) is 6.59. The van der Waals surface area contributed by atoms with Gasteiger partial charge in [0.1, 0.15) is 23.2 Å². The lowest BCUT2D eigenvalue weighted by atomic mass is 9.95. The number of carbonyl (C=O) groups excluding carboxylic acids is 1. The summed E-state index contributed by atoms with van der Waals surface area (Å²) in [7, 11) is 0. The van der Waals surface area contributed by atoms with Gasteiger partial charge in [-0.05, 0) is 31.0 Å². The van der Waals surface area contributed by atoms with Gasteiger partial charge in [-0.2, -0.15) is 5.26 Å². The molecule has 1 aliphatic rings. The minimum Gasteiger partial charge on any atom is -0.478 e. The Morgan fingerprint density at radius 1 is 1.15 bits per heavy atom. The van der Waals surface area contributed by atoms with Crippen molar-refractivity contribution in [3.05, 3.63) is 53.3 Å². The second-order valence-electron chi connectivity index (χ2n) is 6.53. The zero-order valence-corrected chi connectivity index (χ0v) is 14.8. The van der Waals surface area contributed by atoms with Gasteiger partial charge in [0.15, 0.2) is 0 Å². The van der Waals surface area contributed by atoms with E-state index in [0.717, 1.165) is 25.7 Å². The number of aromatic carboxylic acids is 1. The number of benzene rings is 1. The first-order valence-corrected chi connectivity index (χ1v) is 8.93. The molecule has 0 radical (unpaired) electrons. The lowest BCUT2D eigenvalue weighted by Gasteiger charge is -2.22. The molecule has 6 nitrogen and oxygen atoms in total. The Bertz CT molecular complexity index is 914. The van der Waals surface area contributed by atoms with Crippen LogP contribution in [0.2, 0.25) is 0 Å². The highest BCUT2D eigenvalue weighted by Gasteiger charge is 2.19. The summed E-state index contributed by atoms with van der Waals surface area (Å²) in [5, 5.41) is 21.5. The van der Waals surface area contributed by atoms with Crippen LogP contribution in [0, 0.1) is 11.3 Å². The second-order valence-corrected chi connectivity index (χ2v) is 6.53. The van der Waals surface area contributed by atoms with E-state index in [0.29, 0.717) is 17.1 Å². The summed E-state index contributed by atoms with van der Waals surface area (Å²) in [6.45, 7) is 0. The molecule has 2 N–H and O–H groups in total. The first-order chi connectivity index (χ1) is 13.1. The summed E-state index contributed by atoms with van der Waals surface area (Å²) in [6, 6.07) is 11.8. The largest absolute Gasteiger partial charge is 0.478 e. The third-order valence-corrected chi connectivity index (χ3v) is 4.64. The second kappa shape index (κ2) is 8.37. The molecule has 2 aromatic rings. The van der Waals surface area contributed by atoms with Crippen LogP contribution in [-0.4, -0.2) is 23.0 Å². The molecule has 138 valence electrons. The van der Waals surface area contributed by atoms with Gasteiger partial charge in [0.05, 0.1) is 5.56 Å². The lowest BCUT2D eigenvalue weighted by Crippen LogP contribution is -2.36. The summed E-state index contributed by atoms with van der Waals surface area (Å²) in [5.41, 5.74) is 0.528. The molecular weight excluding hydrogens is 344 g/mol. The Hall–Kier alpha value is -3.33. The number of hydrogen-bond donors (Lipinski definition) is 2. The maximum atomic E-state index is 12.3. The van der Waals surface area contributed by atoms with Crippen molar-refractivity contribution >= 4 is 18.0 Å². The smallest absolute Gasteiger partial charge is 0.336 e. The molecule has 1 amide bonds. The highest BCUT2D eigenvalue weighted by molar-refractivity contribution is 6.01. The van der Waals surface area contributed by atoms with Crippen molar-refractivity contribution in [2.45, 2.75) is 38.1 Å². The SMILES string of the molecule is N#C/C(=C/c1ccc(-c2ccccc2C(=O)O)o1)C(=O)NC1CCCCC1. The van der Waals surface area contributed by atoms with Gasteiger partial charge in [0, 0.05) is 17.7 Å². The van der Waals surface area contributed by atoms with Crippen LogP contribution < -0.4 is 5.32 Å². The maximum absolute atomic E-state index is 12.3. The number of nitrogens with zero attached hydrogens (tertiary/aromatic N) is 1. The number of carboxylic acid groups (broad SMARTS) is 1. The van der Waals surface area contributed by atoms with Crippen molar-refractivity contribution in [3.63, 3.8) is 0 Å². The third-order valence-electron chi connectivity index (χ3n) is 4.64. The van der Waals surface area contributed by atoms with Crippen LogP contribution in [0.5, 0.6) is 0 Å². The molecule has 1 aromatic heterocycles. The van der Waals surface area contributed by atoms with E-state index in [4.69, 9.17) is 4.42 Å². The van der Waals surface area contributed by atoms with Gasteiger partial charge in [-0.3, -0.25) is 4.79 Å². The molecular formula is C21H20N2O4. The first-order valence-electron chi connectivity index (χ1n) is 8.93. The van der Waals surface area contributed by atoms with Gasteiger partial charge in [0.25, 0.3) is 5.91 Å². The van der Waals surface area contributed by atoms with Crippen molar-refractivity contribution in [1.82, 2.24) is 5.32 Å². The summed E-state index contributed by atoms with van der Waals surface area (Å²) >= 11 is 0. The number of furan rings is 1. The van der Waals surface area contributed by atoms with E-state index in [1.165, 1.54) is 18.6 Å². The van der Waals surface area contributed by atoms with Crippen LogP contribution in [0.25, 0.3) is 17.4 Å². The zero-order chi connectivity index (χ0) is 19.2. The molecule has 1 heterocycles. The molecule has 0 spiro atoms. The van der Waals surface area contributed by atoms with E-state index in [2.05, 4.69) is 5.32 Å². The Morgan fingerprint density at radius 2 is 1.89 bits per heavy atom. The molecule has 6 heteroatoms. The third kappa shape index (κ3) is 4.45. The van der Waals surface area contributed by atoms with Crippen molar-refractivity contribution in [3.8, 4) is 17.4 Å². The molecule has 0 bridgehead atoms. The van der Waals surface area contributed by atoms with Gasteiger partial charge < -0.3 is 14.8 Å². The van der Waals surface area contributed by atoms with Gasteiger partial charge in [0.2, 0.25) is 0 Å². The first kappa shape index (κ1) is 18.5. The Morgan fingerprint density at radius 3 is 2.59 bits per heavy atom. The van der Waals surface area contributed by atoms with Gasteiger partial charge >= 0.3 is 5.97 Å². The number of carbonyl (C=O) groups is 2.